The van der Waals surface area contributed by atoms with Gasteiger partial charge in [0.15, 0.2) is 0 Å². The molecule has 1 N–H and O–H groups in total. The second kappa shape index (κ2) is 8.85. The first-order valence-electron chi connectivity index (χ1n) is 5.06. The Hall–Kier alpha value is 0.270. The van der Waals surface area contributed by atoms with Crippen LogP contribution in [0, 0.1) is 0 Å². The zero-order chi connectivity index (χ0) is 10.1. The van der Waals surface area contributed by atoms with E-state index in [4.69, 9.17) is 4.74 Å². The van der Waals surface area contributed by atoms with Gasteiger partial charge in [0.1, 0.15) is 0 Å². The van der Waals surface area contributed by atoms with Gasteiger partial charge in [-0.3, -0.25) is 0 Å². The lowest BCUT2D eigenvalue weighted by Gasteiger charge is -2.19. The molecule has 13 heavy (non-hydrogen) atoms. The van der Waals surface area contributed by atoms with Crippen molar-refractivity contribution < 1.29 is 4.74 Å². The van der Waals surface area contributed by atoms with Gasteiger partial charge in [0.25, 0.3) is 0 Å². The summed E-state index contributed by atoms with van der Waals surface area (Å²) in [5.41, 5.74) is 0. The van der Waals surface area contributed by atoms with E-state index in [-0.39, 0.29) is 0 Å². The highest BCUT2D eigenvalue weighted by Gasteiger charge is 2.10. The fraction of sp³-hybridized carbons (Fsp3) is 1.00. The van der Waals surface area contributed by atoms with Crippen LogP contribution in [0.4, 0.5) is 0 Å². The van der Waals surface area contributed by atoms with Gasteiger partial charge in [-0.05, 0) is 25.6 Å². The zero-order valence-electron chi connectivity index (χ0n) is 9.30. The van der Waals surface area contributed by atoms with Gasteiger partial charge < -0.3 is 10.1 Å². The molecule has 3 heteroatoms. The summed E-state index contributed by atoms with van der Waals surface area (Å²) in [5.74, 6) is 1.20. The molecule has 0 radical (unpaired) electrons. The van der Waals surface area contributed by atoms with Crippen molar-refractivity contribution in [1.82, 2.24) is 5.32 Å². The van der Waals surface area contributed by atoms with E-state index in [1.54, 1.807) is 7.11 Å². The highest BCUT2D eigenvalue weighted by molar-refractivity contribution is 7.99. The standard InChI is InChI=1S/C10H23NOS/c1-5-11-9(2)10(3)13-8-6-7-12-4/h9-11H,5-8H2,1-4H3. The molecule has 0 aliphatic heterocycles. The molecule has 0 fully saturated rings. The molecule has 0 aliphatic rings. The molecule has 80 valence electrons. The molecular formula is C10H23NOS. The lowest BCUT2D eigenvalue weighted by Crippen LogP contribution is -2.33. The monoisotopic (exact) mass is 205 g/mol. The number of methoxy groups -OCH3 is 1. The van der Waals surface area contributed by atoms with Crippen LogP contribution in [-0.2, 0) is 4.74 Å². The molecule has 0 saturated heterocycles. The molecule has 0 bridgehead atoms. The van der Waals surface area contributed by atoms with Crippen LogP contribution >= 0.6 is 11.8 Å². The smallest absolute Gasteiger partial charge is 0.0470 e. The molecule has 0 spiro atoms. The minimum absolute atomic E-state index is 0.609. The Bertz CT molecular complexity index is 111. The van der Waals surface area contributed by atoms with Gasteiger partial charge in [-0.2, -0.15) is 11.8 Å². The highest BCUT2D eigenvalue weighted by atomic mass is 32.2. The largest absolute Gasteiger partial charge is 0.385 e. The van der Waals surface area contributed by atoms with Crippen LogP contribution in [0.15, 0.2) is 0 Å². The van der Waals surface area contributed by atoms with E-state index in [9.17, 15) is 0 Å². The van der Waals surface area contributed by atoms with E-state index >= 15 is 0 Å². The van der Waals surface area contributed by atoms with Gasteiger partial charge in [-0.1, -0.05) is 13.8 Å². The lowest BCUT2D eigenvalue weighted by molar-refractivity contribution is 0.200. The molecule has 0 saturated carbocycles. The van der Waals surface area contributed by atoms with Crippen molar-refractivity contribution in [3.63, 3.8) is 0 Å². The number of thioether (sulfide) groups is 1. The Labute approximate surface area is 86.8 Å². The van der Waals surface area contributed by atoms with Crippen molar-refractivity contribution in [2.75, 3.05) is 26.0 Å². The van der Waals surface area contributed by atoms with Gasteiger partial charge in [0, 0.05) is 25.0 Å². The Kier molecular flexibility index (Phi) is 9.03. The maximum Gasteiger partial charge on any atom is 0.0470 e. The number of hydrogen-bond acceptors (Lipinski definition) is 3. The Morgan fingerprint density at radius 3 is 2.62 bits per heavy atom. The first-order chi connectivity index (χ1) is 6.22. The van der Waals surface area contributed by atoms with Crippen LogP contribution in [0.25, 0.3) is 0 Å². The molecule has 0 amide bonds. The van der Waals surface area contributed by atoms with Gasteiger partial charge >= 0.3 is 0 Å². The first kappa shape index (κ1) is 13.3. The van der Waals surface area contributed by atoms with Crippen LogP contribution in [0.1, 0.15) is 27.2 Å². The quantitative estimate of drug-likeness (QED) is 0.614. The molecule has 0 aromatic rings. The third kappa shape index (κ3) is 7.35. The molecule has 0 aliphatic carbocycles. The molecular weight excluding hydrogens is 182 g/mol. The van der Waals surface area contributed by atoms with Crippen LogP contribution in [0.5, 0.6) is 0 Å². The third-order valence-electron chi connectivity index (χ3n) is 2.10. The van der Waals surface area contributed by atoms with Gasteiger partial charge in [0.05, 0.1) is 0 Å². The number of hydrogen-bond donors (Lipinski definition) is 1. The molecule has 0 aromatic carbocycles. The predicted octanol–water partition coefficient (Wildman–Crippen LogP) is 2.14. The van der Waals surface area contributed by atoms with Crippen molar-refractivity contribution in [2.24, 2.45) is 0 Å². The normalized spacial score (nSPS) is 15.7. The fourth-order valence-electron chi connectivity index (χ4n) is 1.10. The average molecular weight is 205 g/mol. The van der Waals surface area contributed by atoms with Crippen LogP contribution < -0.4 is 5.32 Å². The van der Waals surface area contributed by atoms with Crippen LogP contribution in [0.2, 0.25) is 0 Å². The van der Waals surface area contributed by atoms with E-state index in [2.05, 4.69) is 26.1 Å². The average Bonchev–Trinajstić information content (AvgIpc) is 2.12. The topological polar surface area (TPSA) is 21.3 Å². The third-order valence-corrected chi connectivity index (χ3v) is 3.56. The zero-order valence-corrected chi connectivity index (χ0v) is 10.1. The molecule has 2 atom stereocenters. The first-order valence-corrected chi connectivity index (χ1v) is 6.11. The Morgan fingerprint density at radius 2 is 2.08 bits per heavy atom. The second-order valence-electron chi connectivity index (χ2n) is 3.27. The number of nitrogens with one attached hydrogen (secondary N) is 1. The summed E-state index contributed by atoms with van der Waals surface area (Å²) in [6.45, 7) is 8.63. The van der Waals surface area contributed by atoms with Crippen LogP contribution in [0.3, 0.4) is 0 Å². The van der Waals surface area contributed by atoms with E-state index in [1.165, 1.54) is 5.75 Å². The fourth-order valence-corrected chi connectivity index (χ4v) is 2.15. The van der Waals surface area contributed by atoms with E-state index in [0.717, 1.165) is 19.6 Å². The van der Waals surface area contributed by atoms with Crippen molar-refractivity contribution in [1.29, 1.82) is 0 Å². The predicted molar refractivity (Wildman–Crippen MR) is 61.6 cm³/mol. The van der Waals surface area contributed by atoms with Gasteiger partial charge in [0.2, 0.25) is 0 Å². The highest BCUT2D eigenvalue weighted by Crippen LogP contribution is 2.14. The van der Waals surface area contributed by atoms with E-state index in [0.29, 0.717) is 11.3 Å². The minimum Gasteiger partial charge on any atom is -0.385 e. The van der Waals surface area contributed by atoms with Gasteiger partial charge in [-0.25, -0.2) is 0 Å². The van der Waals surface area contributed by atoms with Crippen molar-refractivity contribution in [2.45, 2.75) is 38.5 Å². The van der Waals surface area contributed by atoms with Crippen LogP contribution in [-0.4, -0.2) is 37.3 Å². The summed E-state index contributed by atoms with van der Waals surface area (Å²) < 4.78 is 5.00. The van der Waals surface area contributed by atoms with Crippen molar-refractivity contribution in [3.8, 4) is 0 Å². The molecule has 2 nitrogen and oxygen atoms in total. The van der Waals surface area contributed by atoms with Gasteiger partial charge in [-0.15, -0.1) is 0 Å². The van der Waals surface area contributed by atoms with E-state index in [1.807, 2.05) is 11.8 Å². The Morgan fingerprint density at radius 1 is 1.38 bits per heavy atom. The summed E-state index contributed by atoms with van der Waals surface area (Å²) >= 11 is 2.02. The summed E-state index contributed by atoms with van der Waals surface area (Å²) in [6.07, 6.45) is 1.16. The minimum atomic E-state index is 0.609. The molecule has 0 rings (SSSR count). The van der Waals surface area contributed by atoms with Crippen molar-refractivity contribution in [3.05, 3.63) is 0 Å². The molecule has 0 aromatic heterocycles. The molecule has 0 heterocycles. The summed E-state index contributed by atoms with van der Waals surface area (Å²) in [6, 6.07) is 0.609. The maximum absolute atomic E-state index is 5.00. The van der Waals surface area contributed by atoms with E-state index < -0.39 is 0 Å². The summed E-state index contributed by atoms with van der Waals surface area (Å²) in [7, 11) is 1.76. The maximum atomic E-state index is 5.00. The van der Waals surface area contributed by atoms with Crippen molar-refractivity contribution >= 4 is 11.8 Å². The number of ether oxygens (including phenoxy) is 1. The Balaban J connectivity index is 3.32. The summed E-state index contributed by atoms with van der Waals surface area (Å²) in [4.78, 5) is 0. The number of rotatable bonds is 8. The SMILES string of the molecule is CCNC(C)C(C)SCCCOC. The molecule has 2 unspecified atom stereocenters. The lowest BCUT2D eigenvalue weighted by atomic mass is 10.2. The summed E-state index contributed by atoms with van der Waals surface area (Å²) in [5, 5.41) is 4.13. The second-order valence-corrected chi connectivity index (χ2v) is 4.75.